The van der Waals surface area contributed by atoms with Crippen molar-refractivity contribution in [2.45, 2.75) is 193 Å². The molecule has 0 aliphatic heterocycles. The standard InChI is InChI=1S/C38H72NO10P/c1-3-5-7-9-11-13-15-16-17-18-20-22-24-26-28-30-37(41)49-34(32-47-50(44,45)48-33-35(39)38(42)43)31-46-36(40)29-27-25-23-21-19-14-12-10-8-6-4-2/h24,26,34-35H,3-23,25,27-33,39H2,1-2H3,(H,42,43)(H,44,45)/b26-24+/t34-,35+/m1/s1. The zero-order valence-electron chi connectivity index (χ0n) is 31.5. The molecule has 0 aliphatic rings. The van der Waals surface area contributed by atoms with Crippen LogP contribution in [0.5, 0.6) is 0 Å². The second-order valence-corrected chi connectivity index (χ2v) is 14.9. The number of aliphatic carboxylic acids is 1. The minimum atomic E-state index is -4.71. The first-order valence-electron chi connectivity index (χ1n) is 19.7. The third kappa shape index (κ3) is 33.4. The number of hydrogen-bond acceptors (Lipinski definition) is 9. The molecular weight excluding hydrogens is 661 g/mol. The van der Waals surface area contributed by atoms with Gasteiger partial charge in [0.15, 0.2) is 6.10 Å². The van der Waals surface area contributed by atoms with Crippen LogP contribution in [0.1, 0.15) is 181 Å². The SMILES string of the molecule is CCCCCCCCCCCCC/C=C/CCC(=O)O[C@H](COC(=O)CCCCCCCCCCCCC)COP(=O)(O)OC[C@H](N)C(=O)O. The second kappa shape index (κ2) is 34.3. The van der Waals surface area contributed by atoms with Crippen molar-refractivity contribution >= 4 is 25.7 Å². The van der Waals surface area contributed by atoms with E-state index in [0.29, 0.717) is 12.8 Å². The van der Waals surface area contributed by atoms with Crippen LogP contribution in [-0.2, 0) is 37.5 Å². The third-order valence-electron chi connectivity index (χ3n) is 8.53. The smallest absolute Gasteiger partial charge is 0.472 e. The first kappa shape index (κ1) is 48.2. The van der Waals surface area contributed by atoms with Crippen LogP contribution in [0.4, 0.5) is 0 Å². The molecule has 0 aromatic rings. The van der Waals surface area contributed by atoms with Gasteiger partial charge in [0.05, 0.1) is 13.2 Å². The van der Waals surface area contributed by atoms with Crippen molar-refractivity contribution in [2.75, 3.05) is 19.8 Å². The highest BCUT2D eigenvalue weighted by Gasteiger charge is 2.28. The number of allylic oxidation sites excluding steroid dienone is 2. The zero-order valence-corrected chi connectivity index (χ0v) is 32.4. The Bertz CT molecular complexity index is 916. The molecule has 4 N–H and O–H groups in total. The summed E-state index contributed by atoms with van der Waals surface area (Å²) in [6.07, 6.45) is 31.5. The van der Waals surface area contributed by atoms with E-state index in [9.17, 15) is 23.8 Å². The van der Waals surface area contributed by atoms with Crippen LogP contribution in [0, 0.1) is 0 Å². The third-order valence-corrected chi connectivity index (χ3v) is 9.48. The van der Waals surface area contributed by atoms with Gasteiger partial charge in [0, 0.05) is 12.8 Å². The average molecular weight is 734 g/mol. The minimum absolute atomic E-state index is 0.0820. The van der Waals surface area contributed by atoms with Crippen molar-refractivity contribution in [3.05, 3.63) is 12.2 Å². The van der Waals surface area contributed by atoms with E-state index in [-0.39, 0.29) is 19.4 Å². The summed E-state index contributed by atoms with van der Waals surface area (Å²) in [6, 6.07) is -1.52. The number of esters is 2. The number of rotatable bonds is 37. The summed E-state index contributed by atoms with van der Waals surface area (Å²) in [5.74, 6) is -2.43. The molecule has 0 aliphatic carbocycles. The maximum atomic E-state index is 12.5. The Balaban J connectivity index is 4.45. The van der Waals surface area contributed by atoms with E-state index in [1.807, 2.05) is 6.08 Å². The van der Waals surface area contributed by atoms with Crippen molar-refractivity contribution in [1.29, 1.82) is 0 Å². The van der Waals surface area contributed by atoms with Gasteiger partial charge in [-0.2, -0.15) is 0 Å². The fourth-order valence-corrected chi connectivity index (χ4v) is 6.15. The quantitative estimate of drug-likeness (QED) is 0.0240. The lowest BCUT2D eigenvalue weighted by Gasteiger charge is -2.20. The number of carboxylic acids is 1. The van der Waals surface area contributed by atoms with Gasteiger partial charge >= 0.3 is 25.7 Å². The van der Waals surface area contributed by atoms with Crippen molar-refractivity contribution in [2.24, 2.45) is 5.73 Å². The Morgan fingerprint density at radius 3 is 1.54 bits per heavy atom. The number of hydrogen-bond donors (Lipinski definition) is 3. The van der Waals surface area contributed by atoms with E-state index in [1.165, 1.54) is 109 Å². The summed E-state index contributed by atoms with van der Waals surface area (Å²) in [4.78, 5) is 45.7. The van der Waals surface area contributed by atoms with E-state index >= 15 is 0 Å². The van der Waals surface area contributed by atoms with Gasteiger partial charge in [-0.3, -0.25) is 23.4 Å². The number of carbonyl (C=O) groups is 3. The van der Waals surface area contributed by atoms with Gasteiger partial charge in [-0.1, -0.05) is 154 Å². The number of unbranched alkanes of at least 4 members (excludes halogenated alkanes) is 21. The van der Waals surface area contributed by atoms with Crippen LogP contribution < -0.4 is 5.73 Å². The number of carboxylic acid groups (broad SMARTS) is 1. The highest BCUT2D eigenvalue weighted by atomic mass is 31.2. The molecule has 0 bridgehead atoms. The van der Waals surface area contributed by atoms with E-state index in [0.717, 1.165) is 32.1 Å². The lowest BCUT2D eigenvalue weighted by molar-refractivity contribution is -0.161. The number of phosphoric acid groups is 1. The monoisotopic (exact) mass is 733 g/mol. The normalized spacial score (nSPS) is 14.0. The van der Waals surface area contributed by atoms with E-state index in [4.69, 9.17) is 24.8 Å². The summed E-state index contributed by atoms with van der Waals surface area (Å²) in [7, 11) is -4.71. The van der Waals surface area contributed by atoms with E-state index < -0.39 is 51.1 Å². The second-order valence-electron chi connectivity index (χ2n) is 13.4. The molecule has 0 saturated heterocycles. The summed E-state index contributed by atoms with van der Waals surface area (Å²) in [5, 5.41) is 8.85. The van der Waals surface area contributed by atoms with Gasteiger partial charge in [-0.05, 0) is 25.7 Å². The molecule has 1 unspecified atom stereocenters. The van der Waals surface area contributed by atoms with Gasteiger partial charge in [0.1, 0.15) is 12.6 Å². The van der Waals surface area contributed by atoms with Gasteiger partial charge < -0.3 is 25.2 Å². The molecule has 0 spiro atoms. The topological polar surface area (TPSA) is 172 Å². The molecule has 294 valence electrons. The van der Waals surface area contributed by atoms with Gasteiger partial charge in [-0.15, -0.1) is 0 Å². The van der Waals surface area contributed by atoms with Crippen LogP contribution in [0.25, 0.3) is 0 Å². The summed E-state index contributed by atoms with van der Waals surface area (Å²) < 4.78 is 32.5. The number of nitrogens with two attached hydrogens (primary N) is 1. The molecule has 0 heterocycles. The molecule has 0 fully saturated rings. The fourth-order valence-electron chi connectivity index (χ4n) is 5.38. The molecule has 12 heteroatoms. The van der Waals surface area contributed by atoms with E-state index in [2.05, 4.69) is 24.4 Å². The Kier molecular flexibility index (Phi) is 33.1. The largest absolute Gasteiger partial charge is 0.480 e. The first-order valence-corrected chi connectivity index (χ1v) is 21.2. The Labute approximate surface area is 303 Å². The molecule has 3 atom stereocenters. The van der Waals surface area contributed by atoms with Crippen LogP contribution in [0.2, 0.25) is 0 Å². The molecule has 0 amide bonds. The lowest BCUT2D eigenvalue weighted by Crippen LogP contribution is -2.34. The van der Waals surface area contributed by atoms with Crippen LogP contribution in [-0.4, -0.2) is 59.9 Å². The predicted octanol–water partition coefficient (Wildman–Crippen LogP) is 9.73. The molecule has 0 aromatic heterocycles. The summed E-state index contributed by atoms with van der Waals surface area (Å²) in [6.45, 7) is 2.75. The average Bonchev–Trinajstić information content (AvgIpc) is 3.09. The van der Waals surface area contributed by atoms with E-state index in [1.54, 1.807) is 0 Å². The maximum absolute atomic E-state index is 12.5. The molecule has 50 heavy (non-hydrogen) atoms. The highest BCUT2D eigenvalue weighted by Crippen LogP contribution is 2.43. The zero-order chi connectivity index (χ0) is 37.1. The first-order chi connectivity index (χ1) is 24.1. The Morgan fingerprint density at radius 1 is 0.600 bits per heavy atom. The molecule has 0 radical (unpaired) electrons. The number of phosphoric ester groups is 1. The van der Waals surface area contributed by atoms with Gasteiger partial charge in [0.25, 0.3) is 0 Å². The van der Waals surface area contributed by atoms with Gasteiger partial charge in [-0.25, -0.2) is 4.57 Å². The number of ether oxygens (including phenoxy) is 2. The van der Waals surface area contributed by atoms with Crippen molar-refractivity contribution in [1.82, 2.24) is 0 Å². The Hall–Kier alpha value is -1.78. The van der Waals surface area contributed by atoms with Crippen LogP contribution in [0.3, 0.4) is 0 Å². The predicted molar refractivity (Wildman–Crippen MR) is 199 cm³/mol. The Morgan fingerprint density at radius 2 is 1.04 bits per heavy atom. The summed E-state index contributed by atoms with van der Waals surface area (Å²) >= 11 is 0. The number of carbonyl (C=O) groups excluding carboxylic acids is 2. The molecule has 0 rings (SSSR count). The van der Waals surface area contributed by atoms with Crippen molar-refractivity contribution < 1.29 is 47.5 Å². The summed E-state index contributed by atoms with van der Waals surface area (Å²) in [5.41, 5.74) is 5.31. The highest BCUT2D eigenvalue weighted by molar-refractivity contribution is 7.47. The molecule has 11 nitrogen and oxygen atoms in total. The van der Waals surface area contributed by atoms with Crippen LogP contribution >= 0.6 is 7.82 Å². The maximum Gasteiger partial charge on any atom is 0.472 e. The fraction of sp³-hybridized carbons (Fsp3) is 0.868. The lowest BCUT2D eigenvalue weighted by atomic mass is 10.1. The molecule has 0 saturated carbocycles. The van der Waals surface area contributed by atoms with Crippen molar-refractivity contribution in [3.8, 4) is 0 Å². The van der Waals surface area contributed by atoms with Crippen LogP contribution in [0.15, 0.2) is 12.2 Å². The molecule has 0 aromatic carbocycles. The molecular formula is C38H72NO10P. The van der Waals surface area contributed by atoms with Crippen molar-refractivity contribution in [3.63, 3.8) is 0 Å². The van der Waals surface area contributed by atoms with Gasteiger partial charge in [0.2, 0.25) is 0 Å². The minimum Gasteiger partial charge on any atom is -0.480 e.